The second-order valence-electron chi connectivity index (χ2n) is 5.84. The Hall–Kier alpha value is -2.76. The third kappa shape index (κ3) is 6.44. The molecule has 28 heavy (non-hydrogen) atoms. The van der Waals surface area contributed by atoms with Crippen LogP contribution in [0, 0.1) is 0 Å². The molecule has 1 aliphatic rings. The van der Waals surface area contributed by atoms with Crippen molar-refractivity contribution in [1.29, 1.82) is 0 Å². The lowest BCUT2D eigenvalue weighted by molar-refractivity contribution is -0.368. The molecule has 0 bridgehead atoms. The molecule has 1 fully saturated rings. The fraction of sp³-hybridized carbons (Fsp3) is 0.688. The standard InChI is InChI=1S/C16H21FO11/c1-7(18)23-6-16(17)14(26-10(4)21)12(24-8(2)19)13(25-9(3)20)15(28-16)27-11(5)22/h12-15H,6H2,1-5H3/t12-,13-,14+,15-,16+/m1/s1. The minimum absolute atomic E-state index is 0.891. The molecule has 1 rings (SSSR count). The van der Waals surface area contributed by atoms with Crippen LogP contribution in [0.5, 0.6) is 0 Å². The van der Waals surface area contributed by atoms with E-state index in [0.29, 0.717) is 0 Å². The highest BCUT2D eigenvalue weighted by atomic mass is 19.2. The van der Waals surface area contributed by atoms with Crippen LogP contribution in [0.15, 0.2) is 0 Å². The molecular formula is C16H21FO11. The summed E-state index contributed by atoms with van der Waals surface area (Å²) in [6.07, 6.45) is -7.35. The first kappa shape index (κ1) is 23.3. The first-order chi connectivity index (χ1) is 12.9. The van der Waals surface area contributed by atoms with Gasteiger partial charge >= 0.3 is 29.8 Å². The average Bonchev–Trinajstić information content (AvgIpc) is 2.51. The Morgan fingerprint density at radius 3 is 1.64 bits per heavy atom. The van der Waals surface area contributed by atoms with E-state index >= 15 is 4.39 Å². The Morgan fingerprint density at radius 1 is 0.750 bits per heavy atom. The molecule has 12 heteroatoms. The van der Waals surface area contributed by atoms with Gasteiger partial charge in [-0.1, -0.05) is 0 Å². The number of esters is 5. The zero-order chi connectivity index (χ0) is 21.6. The third-order valence-corrected chi connectivity index (χ3v) is 3.28. The predicted molar refractivity (Wildman–Crippen MR) is 83.8 cm³/mol. The number of ether oxygens (including phenoxy) is 6. The lowest BCUT2D eigenvalue weighted by Gasteiger charge is -2.46. The molecule has 0 aliphatic carbocycles. The minimum Gasteiger partial charge on any atom is -0.460 e. The van der Waals surface area contributed by atoms with E-state index in [-0.39, 0.29) is 0 Å². The Morgan fingerprint density at radius 2 is 1.21 bits per heavy atom. The molecule has 1 heterocycles. The minimum atomic E-state index is -3.09. The van der Waals surface area contributed by atoms with Crippen LogP contribution < -0.4 is 0 Å². The van der Waals surface area contributed by atoms with Gasteiger partial charge in [0.15, 0.2) is 12.7 Å². The second-order valence-corrected chi connectivity index (χ2v) is 5.84. The predicted octanol–water partition coefficient (Wildman–Crippen LogP) is -0.0702. The third-order valence-electron chi connectivity index (χ3n) is 3.28. The molecule has 0 spiro atoms. The summed E-state index contributed by atoms with van der Waals surface area (Å²) in [6, 6.07) is 0. The molecule has 0 amide bonds. The Bertz CT molecular complexity index is 649. The van der Waals surface area contributed by atoms with Crippen LogP contribution in [0.2, 0.25) is 0 Å². The normalized spacial score (nSPS) is 29.2. The van der Waals surface area contributed by atoms with Crippen LogP contribution in [0.4, 0.5) is 4.39 Å². The van der Waals surface area contributed by atoms with Gasteiger partial charge in [0.25, 0.3) is 5.85 Å². The summed E-state index contributed by atoms with van der Waals surface area (Å²) >= 11 is 0. The molecule has 5 atom stereocenters. The molecular weight excluding hydrogens is 387 g/mol. The van der Waals surface area contributed by atoms with Gasteiger partial charge in [0.2, 0.25) is 18.5 Å². The van der Waals surface area contributed by atoms with Crippen LogP contribution in [0.1, 0.15) is 34.6 Å². The summed E-state index contributed by atoms with van der Waals surface area (Å²) in [4.78, 5) is 56.9. The van der Waals surface area contributed by atoms with Crippen LogP contribution in [-0.2, 0) is 52.4 Å². The highest BCUT2D eigenvalue weighted by Crippen LogP contribution is 2.37. The molecule has 0 unspecified atom stereocenters. The van der Waals surface area contributed by atoms with E-state index in [1.807, 2.05) is 0 Å². The first-order valence-electron chi connectivity index (χ1n) is 8.04. The molecule has 158 valence electrons. The summed E-state index contributed by atoms with van der Waals surface area (Å²) in [5, 5.41) is 0. The van der Waals surface area contributed by atoms with Crippen molar-refractivity contribution in [2.45, 2.75) is 65.1 Å². The van der Waals surface area contributed by atoms with Gasteiger partial charge in [-0.3, -0.25) is 28.7 Å². The molecule has 1 aliphatic heterocycles. The van der Waals surface area contributed by atoms with E-state index in [9.17, 15) is 24.0 Å². The molecule has 0 N–H and O–H groups in total. The molecule has 0 aromatic carbocycles. The van der Waals surface area contributed by atoms with E-state index in [2.05, 4.69) is 4.74 Å². The van der Waals surface area contributed by atoms with Crippen molar-refractivity contribution in [1.82, 2.24) is 0 Å². The van der Waals surface area contributed by atoms with Gasteiger partial charge in [-0.2, -0.15) is 0 Å². The Labute approximate surface area is 159 Å². The van der Waals surface area contributed by atoms with Crippen molar-refractivity contribution >= 4 is 29.8 Å². The van der Waals surface area contributed by atoms with Crippen molar-refractivity contribution in [3.05, 3.63) is 0 Å². The summed E-state index contributed by atoms with van der Waals surface area (Å²) in [5.41, 5.74) is 0. The van der Waals surface area contributed by atoms with Crippen molar-refractivity contribution in [3.8, 4) is 0 Å². The lowest BCUT2D eigenvalue weighted by Crippen LogP contribution is -2.67. The summed E-state index contributed by atoms with van der Waals surface area (Å²) in [6.45, 7) is 3.77. The van der Waals surface area contributed by atoms with Gasteiger partial charge in [0, 0.05) is 34.6 Å². The first-order valence-corrected chi connectivity index (χ1v) is 8.04. The zero-order valence-electron chi connectivity index (χ0n) is 15.9. The fourth-order valence-corrected chi connectivity index (χ4v) is 2.44. The van der Waals surface area contributed by atoms with Crippen LogP contribution in [0.25, 0.3) is 0 Å². The van der Waals surface area contributed by atoms with E-state index in [4.69, 9.17) is 23.7 Å². The molecule has 1 saturated heterocycles. The van der Waals surface area contributed by atoms with E-state index in [1.54, 1.807) is 0 Å². The largest absolute Gasteiger partial charge is 0.460 e. The SMILES string of the molecule is CC(=O)OC[C@]1(F)O[C@@H](OC(C)=O)[C@H](OC(C)=O)[C@@H](OC(C)=O)[C@@H]1OC(C)=O. The molecule has 11 nitrogen and oxygen atoms in total. The van der Waals surface area contributed by atoms with Gasteiger partial charge in [-0.15, -0.1) is 0 Å². The molecule has 0 aromatic rings. The van der Waals surface area contributed by atoms with Crippen LogP contribution >= 0.6 is 0 Å². The van der Waals surface area contributed by atoms with Crippen molar-refractivity contribution < 1.29 is 56.8 Å². The van der Waals surface area contributed by atoms with Gasteiger partial charge in [-0.05, 0) is 0 Å². The topological polar surface area (TPSA) is 141 Å². The maximum absolute atomic E-state index is 15.6. The number of hydrogen-bond acceptors (Lipinski definition) is 11. The van der Waals surface area contributed by atoms with E-state index < -0.39 is 66.9 Å². The number of rotatable bonds is 6. The molecule has 0 saturated carbocycles. The maximum Gasteiger partial charge on any atom is 0.305 e. The number of halogens is 1. The lowest BCUT2D eigenvalue weighted by atomic mass is 9.96. The van der Waals surface area contributed by atoms with Crippen molar-refractivity contribution in [2.24, 2.45) is 0 Å². The maximum atomic E-state index is 15.6. The van der Waals surface area contributed by atoms with E-state index in [1.165, 1.54) is 0 Å². The van der Waals surface area contributed by atoms with Gasteiger partial charge < -0.3 is 23.7 Å². The Kier molecular flexibility index (Phi) is 7.85. The molecule has 0 radical (unpaired) electrons. The number of alkyl halides is 1. The van der Waals surface area contributed by atoms with Gasteiger partial charge in [0.05, 0.1) is 0 Å². The monoisotopic (exact) mass is 408 g/mol. The van der Waals surface area contributed by atoms with Crippen molar-refractivity contribution in [2.75, 3.05) is 6.61 Å². The Balaban J connectivity index is 3.44. The summed E-state index contributed by atoms with van der Waals surface area (Å²) in [7, 11) is 0. The number of carbonyl (C=O) groups excluding carboxylic acids is 5. The quantitative estimate of drug-likeness (QED) is 0.431. The average molecular weight is 408 g/mol. The van der Waals surface area contributed by atoms with Crippen LogP contribution in [0.3, 0.4) is 0 Å². The second kappa shape index (κ2) is 9.44. The summed E-state index contributed by atoms with van der Waals surface area (Å²) < 4.78 is 44.9. The van der Waals surface area contributed by atoms with Crippen LogP contribution in [-0.4, -0.2) is 66.9 Å². The van der Waals surface area contributed by atoms with E-state index in [0.717, 1.165) is 34.6 Å². The van der Waals surface area contributed by atoms with Gasteiger partial charge in [0.1, 0.15) is 0 Å². The molecule has 0 aromatic heterocycles. The number of carbonyl (C=O) groups is 5. The highest BCUT2D eigenvalue weighted by molar-refractivity contribution is 5.69. The fourth-order valence-electron chi connectivity index (χ4n) is 2.44. The van der Waals surface area contributed by atoms with Crippen molar-refractivity contribution in [3.63, 3.8) is 0 Å². The number of hydrogen-bond donors (Lipinski definition) is 0. The zero-order valence-corrected chi connectivity index (χ0v) is 15.9. The van der Waals surface area contributed by atoms with Gasteiger partial charge in [-0.25, -0.2) is 4.39 Å². The smallest absolute Gasteiger partial charge is 0.305 e. The summed E-state index contributed by atoms with van der Waals surface area (Å²) in [5.74, 6) is -7.77. The highest BCUT2D eigenvalue weighted by Gasteiger charge is 2.62.